The summed E-state index contributed by atoms with van der Waals surface area (Å²) in [7, 11) is -3.15. The number of nitrogens with one attached hydrogen (secondary N) is 1. The van der Waals surface area contributed by atoms with Gasteiger partial charge in [0.25, 0.3) is 0 Å². The van der Waals surface area contributed by atoms with Crippen LogP contribution in [0, 0.1) is 5.82 Å². The van der Waals surface area contributed by atoms with E-state index < -0.39 is 10.0 Å². The quantitative estimate of drug-likeness (QED) is 0.801. The Labute approximate surface area is 153 Å². The van der Waals surface area contributed by atoms with Gasteiger partial charge in [-0.2, -0.15) is 5.10 Å². The van der Waals surface area contributed by atoms with Crippen LogP contribution in [0.25, 0.3) is 0 Å². The van der Waals surface area contributed by atoms with Gasteiger partial charge in [-0.15, -0.1) is 0 Å². The van der Waals surface area contributed by atoms with Crippen LogP contribution in [-0.4, -0.2) is 41.4 Å². The van der Waals surface area contributed by atoms with Gasteiger partial charge in [0.05, 0.1) is 17.0 Å². The molecule has 6 nitrogen and oxygen atoms in total. The van der Waals surface area contributed by atoms with Crippen molar-refractivity contribution >= 4 is 10.0 Å². The highest BCUT2D eigenvalue weighted by atomic mass is 32.2. The Morgan fingerprint density at radius 3 is 2.69 bits per heavy atom. The van der Waals surface area contributed by atoms with Gasteiger partial charge in [-0.3, -0.25) is 9.58 Å². The third-order valence-electron chi connectivity index (χ3n) is 5.02. The lowest BCUT2D eigenvalue weighted by Gasteiger charge is -2.34. The van der Waals surface area contributed by atoms with E-state index in [9.17, 15) is 12.8 Å². The molecule has 1 fully saturated rings. The van der Waals surface area contributed by atoms with Crippen molar-refractivity contribution in [2.24, 2.45) is 0 Å². The number of rotatable bonds is 7. The molecule has 26 heavy (non-hydrogen) atoms. The van der Waals surface area contributed by atoms with E-state index in [-0.39, 0.29) is 17.1 Å². The third-order valence-corrected chi connectivity index (χ3v) is 6.97. The number of hydrogen-bond donors (Lipinski definition) is 1. The maximum absolute atomic E-state index is 13.1. The van der Waals surface area contributed by atoms with Gasteiger partial charge in [0.15, 0.2) is 0 Å². The van der Waals surface area contributed by atoms with E-state index in [1.807, 2.05) is 10.7 Å². The minimum atomic E-state index is -3.15. The molecule has 1 unspecified atom stereocenters. The Balaban J connectivity index is 1.40. The number of nitrogens with zero attached hydrogens (tertiary/aromatic N) is 3. The number of sulfonamides is 1. The molecule has 1 atom stereocenters. The highest BCUT2D eigenvalue weighted by molar-refractivity contribution is 7.90. The Morgan fingerprint density at radius 2 is 1.96 bits per heavy atom. The van der Waals surface area contributed by atoms with Crippen LogP contribution in [-0.2, 0) is 23.1 Å². The summed E-state index contributed by atoms with van der Waals surface area (Å²) in [6.07, 6.45) is 4.03. The summed E-state index contributed by atoms with van der Waals surface area (Å²) >= 11 is 0. The van der Waals surface area contributed by atoms with Gasteiger partial charge in [0, 0.05) is 32.4 Å². The molecule has 1 aromatic heterocycles. The minimum absolute atomic E-state index is 0.121. The highest BCUT2D eigenvalue weighted by Crippen LogP contribution is 2.28. The van der Waals surface area contributed by atoms with E-state index >= 15 is 0 Å². The molecule has 2 aromatic rings. The van der Waals surface area contributed by atoms with Crippen molar-refractivity contribution in [1.82, 2.24) is 19.4 Å². The SMILES string of the molecule is O=S(=O)(NCCC1CN(Cc2ccc(F)cc2)Cc2ccnn21)C1CC1. The second kappa shape index (κ2) is 7.09. The second-order valence-electron chi connectivity index (χ2n) is 7.14. The van der Waals surface area contributed by atoms with Crippen LogP contribution in [0.15, 0.2) is 36.5 Å². The molecular formula is C18H23FN4O2S. The first-order chi connectivity index (χ1) is 12.5. The molecule has 1 aliphatic carbocycles. The molecule has 1 N–H and O–H groups in total. The predicted octanol–water partition coefficient (Wildman–Crippen LogP) is 2.05. The van der Waals surface area contributed by atoms with Gasteiger partial charge in [0.2, 0.25) is 10.0 Å². The molecular weight excluding hydrogens is 355 g/mol. The minimum Gasteiger partial charge on any atom is -0.291 e. The molecule has 4 rings (SSSR count). The van der Waals surface area contributed by atoms with Crippen molar-refractivity contribution in [3.05, 3.63) is 53.6 Å². The van der Waals surface area contributed by atoms with E-state index in [0.717, 1.165) is 43.7 Å². The molecule has 0 spiro atoms. The Kier molecular flexibility index (Phi) is 4.81. The fourth-order valence-electron chi connectivity index (χ4n) is 3.51. The summed E-state index contributed by atoms with van der Waals surface area (Å²) in [5.74, 6) is -0.230. The molecule has 0 saturated heterocycles. The van der Waals surface area contributed by atoms with Crippen LogP contribution in [0.3, 0.4) is 0 Å². The van der Waals surface area contributed by atoms with Crippen molar-refractivity contribution in [3.63, 3.8) is 0 Å². The monoisotopic (exact) mass is 378 g/mol. The van der Waals surface area contributed by atoms with E-state index in [2.05, 4.69) is 14.7 Å². The summed E-state index contributed by atoms with van der Waals surface area (Å²) < 4.78 is 41.8. The average molecular weight is 378 g/mol. The Hall–Kier alpha value is -1.77. The van der Waals surface area contributed by atoms with Crippen LogP contribution < -0.4 is 4.72 Å². The first kappa shape index (κ1) is 17.6. The molecule has 0 bridgehead atoms. The number of benzene rings is 1. The zero-order valence-corrected chi connectivity index (χ0v) is 15.3. The van der Waals surface area contributed by atoms with E-state index in [0.29, 0.717) is 13.0 Å². The Bertz CT molecular complexity index is 862. The van der Waals surface area contributed by atoms with Crippen LogP contribution in [0.5, 0.6) is 0 Å². The van der Waals surface area contributed by atoms with E-state index in [1.54, 1.807) is 18.3 Å². The second-order valence-corrected chi connectivity index (χ2v) is 9.19. The molecule has 0 amide bonds. The average Bonchev–Trinajstić information content (AvgIpc) is 3.37. The summed E-state index contributed by atoms with van der Waals surface area (Å²) in [4.78, 5) is 2.30. The summed E-state index contributed by atoms with van der Waals surface area (Å²) in [5, 5.41) is 4.23. The molecule has 8 heteroatoms. The van der Waals surface area contributed by atoms with Crippen molar-refractivity contribution in [2.45, 2.75) is 43.6 Å². The number of halogens is 1. The van der Waals surface area contributed by atoms with Gasteiger partial charge in [0.1, 0.15) is 5.82 Å². The smallest absolute Gasteiger partial charge is 0.214 e. The maximum atomic E-state index is 13.1. The maximum Gasteiger partial charge on any atom is 0.214 e. The molecule has 2 heterocycles. The van der Waals surface area contributed by atoms with Gasteiger partial charge >= 0.3 is 0 Å². The largest absolute Gasteiger partial charge is 0.291 e. The van der Waals surface area contributed by atoms with E-state index in [1.165, 1.54) is 12.1 Å². The lowest BCUT2D eigenvalue weighted by molar-refractivity contribution is 0.162. The summed E-state index contributed by atoms with van der Waals surface area (Å²) in [6.45, 7) is 2.72. The number of aromatic nitrogens is 2. The van der Waals surface area contributed by atoms with Gasteiger partial charge in [-0.25, -0.2) is 17.5 Å². The Morgan fingerprint density at radius 1 is 1.19 bits per heavy atom. The van der Waals surface area contributed by atoms with Gasteiger partial charge in [-0.1, -0.05) is 12.1 Å². The zero-order valence-electron chi connectivity index (χ0n) is 14.5. The van der Waals surface area contributed by atoms with Crippen LogP contribution in [0.2, 0.25) is 0 Å². The predicted molar refractivity (Wildman–Crippen MR) is 96.3 cm³/mol. The van der Waals surface area contributed by atoms with Crippen LogP contribution in [0.1, 0.15) is 36.6 Å². The zero-order chi connectivity index (χ0) is 18.1. The molecule has 1 aliphatic heterocycles. The fraction of sp³-hybridized carbons (Fsp3) is 0.500. The molecule has 1 aromatic carbocycles. The molecule has 0 radical (unpaired) electrons. The molecule has 140 valence electrons. The summed E-state index contributed by atoms with van der Waals surface area (Å²) in [6, 6.07) is 8.69. The van der Waals surface area contributed by atoms with Gasteiger partial charge < -0.3 is 0 Å². The normalized spacial score (nSPS) is 20.9. The van der Waals surface area contributed by atoms with Crippen molar-refractivity contribution in [3.8, 4) is 0 Å². The summed E-state index contributed by atoms with van der Waals surface area (Å²) in [5.41, 5.74) is 2.18. The van der Waals surface area contributed by atoms with Crippen molar-refractivity contribution < 1.29 is 12.8 Å². The third kappa shape index (κ3) is 3.97. The molecule has 1 saturated carbocycles. The van der Waals surface area contributed by atoms with Gasteiger partial charge in [-0.05, 0) is 43.0 Å². The lowest BCUT2D eigenvalue weighted by Crippen LogP contribution is -2.39. The van der Waals surface area contributed by atoms with Crippen molar-refractivity contribution in [1.29, 1.82) is 0 Å². The first-order valence-corrected chi connectivity index (χ1v) is 10.5. The standard InChI is InChI=1S/C18H23FN4O2S/c19-15-3-1-14(2-4-15)11-22-12-16-7-9-20-23(16)17(13-22)8-10-21-26(24,25)18-5-6-18/h1-4,7,9,17-18,21H,5-6,8,10-13H2. The van der Waals surface area contributed by atoms with Crippen molar-refractivity contribution in [2.75, 3.05) is 13.1 Å². The van der Waals surface area contributed by atoms with Crippen LogP contribution >= 0.6 is 0 Å². The number of hydrogen-bond acceptors (Lipinski definition) is 4. The highest BCUT2D eigenvalue weighted by Gasteiger charge is 2.35. The van der Waals surface area contributed by atoms with Crippen LogP contribution in [0.4, 0.5) is 4.39 Å². The number of fused-ring (bicyclic) bond motifs is 1. The lowest BCUT2D eigenvalue weighted by atomic mass is 10.1. The molecule has 2 aliphatic rings. The first-order valence-electron chi connectivity index (χ1n) is 8.99. The topological polar surface area (TPSA) is 67.2 Å². The van der Waals surface area contributed by atoms with E-state index in [4.69, 9.17) is 0 Å². The fourth-order valence-corrected chi connectivity index (χ4v) is 4.91.